The zero-order chi connectivity index (χ0) is 26.6. The molecular formula is C28H37N5O3S. The van der Waals surface area contributed by atoms with Crippen molar-refractivity contribution >= 4 is 28.7 Å². The van der Waals surface area contributed by atoms with Crippen LogP contribution in [0.25, 0.3) is 11.2 Å². The maximum absolute atomic E-state index is 13.8. The Balaban J connectivity index is 1.85. The molecule has 0 bridgehead atoms. The number of fused-ring (bicyclic) bond motifs is 1. The van der Waals surface area contributed by atoms with Crippen LogP contribution in [0.15, 0.2) is 56.7 Å². The molecule has 0 atom stereocenters. The number of allylic oxidation sites excluding steroid dienone is 2. The smallest absolute Gasteiger partial charge is 0.329 e. The molecule has 9 heteroatoms. The van der Waals surface area contributed by atoms with Gasteiger partial charge in [-0.1, -0.05) is 85.8 Å². The second-order valence-electron chi connectivity index (χ2n) is 10.2. The number of carbonyl (C=O) groups excluding carboxylic acids is 1. The van der Waals surface area contributed by atoms with Crippen LogP contribution in [0.3, 0.4) is 0 Å². The number of hydrogen-bond donors (Lipinski definition) is 1. The van der Waals surface area contributed by atoms with E-state index in [-0.39, 0.29) is 17.1 Å². The Morgan fingerprint density at radius 2 is 1.70 bits per heavy atom. The van der Waals surface area contributed by atoms with Crippen molar-refractivity contribution in [1.29, 1.82) is 0 Å². The number of Topliss-reactive ketones (excluding diaryl/α,β-unsaturated/α-hetero) is 1. The summed E-state index contributed by atoms with van der Waals surface area (Å²) in [4.78, 5) is 44.8. The van der Waals surface area contributed by atoms with Gasteiger partial charge in [0, 0.05) is 30.4 Å². The molecule has 3 aromatic rings. The fourth-order valence-corrected chi connectivity index (χ4v) is 6.33. The summed E-state index contributed by atoms with van der Waals surface area (Å²) in [7, 11) is 1.61. The molecule has 8 nitrogen and oxygen atoms in total. The molecule has 0 amide bonds. The number of carbonyl (C=O) groups is 1. The first kappa shape index (κ1) is 27.1. The number of thioether (sulfide) groups is 1. The van der Waals surface area contributed by atoms with E-state index in [1.165, 1.54) is 23.8 Å². The van der Waals surface area contributed by atoms with Crippen LogP contribution < -0.4 is 17.0 Å². The molecule has 1 saturated carbocycles. The van der Waals surface area contributed by atoms with Crippen molar-refractivity contribution in [2.75, 3.05) is 6.54 Å². The molecule has 2 aromatic heterocycles. The molecule has 0 radical (unpaired) electrons. The van der Waals surface area contributed by atoms with Gasteiger partial charge in [-0.05, 0) is 26.7 Å². The fourth-order valence-electron chi connectivity index (χ4n) is 4.96. The summed E-state index contributed by atoms with van der Waals surface area (Å²) in [5, 5.41) is 0.692. The van der Waals surface area contributed by atoms with Crippen molar-refractivity contribution < 1.29 is 4.79 Å². The van der Waals surface area contributed by atoms with E-state index in [1.807, 2.05) is 30.6 Å². The van der Waals surface area contributed by atoms with E-state index >= 15 is 0 Å². The highest BCUT2D eigenvalue weighted by Gasteiger charge is 2.33. The van der Waals surface area contributed by atoms with Gasteiger partial charge in [-0.15, -0.1) is 0 Å². The predicted molar refractivity (Wildman–Crippen MR) is 149 cm³/mol. The lowest BCUT2D eigenvalue weighted by Gasteiger charge is -2.33. The molecule has 37 heavy (non-hydrogen) atoms. The monoisotopic (exact) mass is 523 g/mol. The first-order valence-corrected chi connectivity index (χ1v) is 13.9. The first-order chi connectivity index (χ1) is 17.8. The van der Waals surface area contributed by atoms with Crippen LogP contribution in [0.2, 0.25) is 0 Å². The largest absolute Gasteiger partial charge is 0.332 e. The maximum Gasteiger partial charge on any atom is 0.332 e. The van der Waals surface area contributed by atoms with E-state index in [1.54, 1.807) is 43.1 Å². The third-order valence-electron chi connectivity index (χ3n) is 7.22. The second kappa shape index (κ2) is 11.6. The summed E-state index contributed by atoms with van der Waals surface area (Å²) in [6.07, 6.45) is 9.92. The van der Waals surface area contributed by atoms with Gasteiger partial charge in [-0.25, -0.2) is 9.78 Å². The maximum atomic E-state index is 13.8. The Morgan fingerprint density at radius 3 is 2.32 bits per heavy atom. The minimum Gasteiger partial charge on any atom is -0.329 e. The number of hydrogen-bond acceptors (Lipinski definition) is 6. The van der Waals surface area contributed by atoms with E-state index in [0.29, 0.717) is 35.0 Å². The summed E-state index contributed by atoms with van der Waals surface area (Å²) in [5.74, 6) is -0.291. The van der Waals surface area contributed by atoms with Crippen LogP contribution in [0.5, 0.6) is 0 Å². The van der Waals surface area contributed by atoms with Gasteiger partial charge < -0.3 is 10.3 Å². The number of benzene rings is 1. The molecule has 1 aromatic carbocycles. The van der Waals surface area contributed by atoms with Crippen molar-refractivity contribution in [3.63, 3.8) is 0 Å². The van der Waals surface area contributed by atoms with E-state index in [2.05, 4.69) is 0 Å². The standard InChI is InChI=1S/C28H37N5O3S/c1-20(2)14-17-32-23-24(30-26(32)37-28(19-29)15-10-5-4-6-11-16-28)31(3)27(36)33(25(23)35)18-22(34)21-12-8-7-9-13-21/h7-9,12-14H,4-6,10-11,15-19,29H2,1-3H3. The third kappa shape index (κ3) is 5.83. The SMILES string of the molecule is CC(C)=CCn1c(SC2(CN)CCCCCCC2)nc2c1c(=O)n(CC(=O)c1ccccc1)c(=O)n2C. The number of nitrogens with zero attached hydrogens (tertiary/aromatic N) is 4. The lowest BCUT2D eigenvalue weighted by molar-refractivity contribution is 0.0969. The molecule has 0 aliphatic heterocycles. The van der Waals surface area contributed by atoms with Gasteiger partial charge in [0.2, 0.25) is 0 Å². The minimum absolute atomic E-state index is 0.161. The Kier molecular flexibility index (Phi) is 8.54. The molecule has 1 fully saturated rings. The molecule has 0 unspecified atom stereocenters. The summed E-state index contributed by atoms with van der Waals surface area (Å²) in [5.41, 5.74) is 7.55. The van der Waals surface area contributed by atoms with Gasteiger partial charge in [0.1, 0.15) is 0 Å². The van der Waals surface area contributed by atoms with Crippen molar-refractivity contribution in [2.45, 2.75) is 81.8 Å². The number of ketones is 1. The van der Waals surface area contributed by atoms with Crippen LogP contribution >= 0.6 is 11.8 Å². The van der Waals surface area contributed by atoms with E-state index in [9.17, 15) is 14.4 Å². The van der Waals surface area contributed by atoms with Crippen molar-refractivity contribution in [2.24, 2.45) is 12.8 Å². The number of imidazole rings is 1. The normalized spacial score (nSPS) is 15.8. The molecule has 0 spiro atoms. The van der Waals surface area contributed by atoms with Crippen LogP contribution in [0, 0.1) is 0 Å². The highest BCUT2D eigenvalue weighted by Crippen LogP contribution is 2.42. The summed E-state index contributed by atoms with van der Waals surface area (Å²) >= 11 is 1.65. The molecular weight excluding hydrogens is 486 g/mol. The predicted octanol–water partition coefficient (Wildman–Crippen LogP) is 4.28. The number of aryl methyl sites for hydroxylation is 1. The van der Waals surface area contributed by atoms with Gasteiger partial charge in [0.25, 0.3) is 5.56 Å². The Bertz CT molecular complexity index is 1410. The van der Waals surface area contributed by atoms with Gasteiger partial charge in [0.15, 0.2) is 22.1 Å². The summed E-state index contributed by atoms with van der Waals surface area (Å²) in [6.45, 7) is 4.66. The molecule has 198 valence electrons. The van der Waals surface area contributed by atoms with Gasteiger partial charge in [-0.2, -0.15) is 0 Å². The van der Waals surface area contributed by atoms with Crippen molar-refractivity contribution in [3.05, 3.63) is 68.4 Å². The van der Waals surface area contributed by atoms with E-state index in [0.717, 1.165) is 35.8 Å². The van der Waals surface area contributed by atoms with Crippen LogP contribution in [-0.2, 0) is 20.1 Å². The average molecular weight is 524 g/mol. The van der Waals surface area contributed by atoms with Crippen LogP contribution in [0.1, 0.15) is 69.2 Å². The molecule has 0 saturated heterocycles. The Hall–Kier alpha value is -2.91. The lowest BCUT2D eigenvalue weighted by atomic mass is 9.90. The average Bonchev–Trinajstić information content (AvgIpc) is 3.24. The highest BCUT2D eigenvalue weighted by molar-refractivity contribution is 8.00. The van der Waals surface area contributed by atoms with Gasteiger partial charge >= 0.3 is 5.69 Å². The molecule has 4 rings (SSSR count). The molecule has 1 aliphatic rings. The fraction of sp³-hybridized carbons (Fsp3) is 0.500. The van der Waals surface area contributed by atoms with Crippen LogP contribution in [0.4, 0.5) is 0 Å². The van der Waals surface area contributed by atoms with Gasteiger partial charge in [-0.3, -0.25) is 18.7 Å². The van der Waals surface area contributed by atoms with E-state index < -0.39 is 11.2 Å². The summed E-state index contributed by atoms with van der Waals surface area (Å²) < 4.78 is 4.15. The third-order valence-corrected chi connectivity index (χ3v) is 8.72. The molecule has 2 heterocycles. The number of aromatic nitrogens is 4. The Labute approximate surface area is 221 Å². The van der Waals surface area contributed by atoms with E-state index in [4.69, 9.17) is 10.7 Å². The first-order valence-electron chi connectivity index (χ1n) is 13.1. The molecule has 1 aliphatic carbocycles. The molecule has 2 N–H and O–H groups in total. The number of rotatable bonds is 8. The lowest BCUT2D eigenvalue weighted by Crippen LogP contribution is -2.41. The summed E-state index contributed by atoms with van der Waals surface area (Å²) in [6, 6.07) is 8.71. The minimum atomic E-state index is -0.551. The Morgan fingerprint density at radius 1 is 1.05 bits per heavy atom. The van der Waals surface area contributed by atoms with Crippen molar-refractivity contribution in [3.8, 4) is 0 Å². The zero-order valence-corrected chi connectivity index (χ0v) is 22.9. The quantitative estimate of drug-likeness (QED) is 0.349. The number of nitrogens with two attached hydrogens (primary N) is 1. The van der Waals surface area contributed by atoms with Crippen molar-refractivity contribution in [1.82, 2.24) is 18.7 Å². The van der Waals surface area contributed by atoms with Gasteiger partial charge in [0.05, 0.1) is 6.54 Å². The zero-order valence-electron chi connectivity index (χ0n) is 22.0. The second-order valence-corrected chi connectivity index (χ2v) is 11.7. The topological polar surface area (TPSA) is 105 Å². The van der Waals surface area contributed by atoms with Crippen LogP contribution in [-0.4, -0.2) is 35.8 Å². The highest BCUT2D eigenvalue weighted by atomic mass is 32.2.